The van der Waals surface area contributed by atoms with Gasteiger partial charge in [-0.05, 0) is 18.2 Å². The van der Waals surface area contributed by atoms with Gasteiger partial charge in [0.15, 0.2) is 0 Å². The number of para-hydroxylation sites is 1. The molecule has 1 aliphatic heterocycles. The highest BCUT2D eigenvalue weighted by molar-refractivity contribution is 6.04. The number of amides is 2. The smallest absolute Gasteiger partial charge is 0.271 e. The summed E-state index contributed by atoms with van der Waals surface area (Å²) >= 11 is 0. The normalized spacial score (nSPS) is 14.8. The van der Waals surface area contributed by atoms with Gasteiger partial charge in [0, 0.05) is 29.9 Å². The van der Waals surface area contributed by atoms with E-state index in [1.807, 2.05) is 6.07 Å². The Morgan fingerprint density at radius 3 is 2.58 bits per heavy atom. The van der Waals surface area contributed by atoms with Gasteiger partial charge < -0.3 is 16.0 Å². The molecule has 3 aromatic rings. The maximum absolute atomic E-state index is 12.8. The fraction of sp³-hybridized carbons (Fsp3) is 0.100. The largest absolute Gasteiger partial charge is 0.326 e. The number of carbonyl (C=O) groups excluding carboxylic acids is 2. The fourth-order valence-electron chi connectivity index (χ4n) is 3.24. The van der Waals surface area contributed by atoms with Crippen molar-refractivity contribution in [2.45, 2.75) is 12.3 Å². The van der Waals surface area contributed by atoms with Gasteiger partial charge in [-0.1, -0.05) is 24.3 Å². The van der Waals surface area contributed by atoms with E-state index in [4.69, 9.17) is 0 Å². The number of fused-ring (bicyclic) bond motifs is 1. The molecular formula is C20H16N6O5. The molecule has 0 spiro atoms. The Labute approximate surface area is 174 Å². The molecule has 4 rings (SSSR count). The average Bonchev–Trinajstić information content (AvgIpc) is 2.73. The minimum absolute atomic E-state index is 0.0149. The maximum atomic E-state index is 12.8. The second-order valence-corrected chi connectivity index (χ2v) is 6.77. The van der Waals surface area contributed by atoms with E-state index in [-0.39, 0.29) is 35.1 Å². The van der Waals surface area contributed by atoms with Crippen molar-refractivity contribution >= 4 is 40.6 Å². The lowest BCUT2D eigenvalue weighted by Gasteiger charge is -2.23. The summed E-state index contributed by atoms with van der Waals surface area (Å²) in [6.45, 7) is 0. The molecule has 31 heavy (non-hydrogen) atoms. The molecular weight excluding hydrogens is 404 g/mol. The average molecular weight is 420 g/mol. The molecule has 2 heterocycles. The van der Waals surface area contributed by atoms with Gasteiger partial charge >= 0.3 is 0 Å². The number of anilines is 4. The summed E-state index contributed by atoms with van der Waals surface area (Å²) in [5.74, 6) is -2.14. The maximum Gasteiger partial charge on any atom is 0.271 e. The number of hydrogen-bond acceptors (Lipinski definition) is 7. The first-order valence-corrected chi connectivity index (χ1v) is 9.22. The number of benzene rings is 2. The van der Waals surface area contributed by atoms with Gasteiger partial charge in [0.25, 0.3) is 11.2 Å². The third kappa shape index (κ3) is 4.24. The third-order valence-electron chi connectivity index (χ3n) is 4.63. The number of non-ortho nitro benzene ring substituents is 1. The summed E-state index contributed by atoms with van der Waals surface area (Å²) in [5, 5.41) is 18.9. The number of H-pyrrole nitrogens is 1. The first-order chi connectivity index (χ1) is 14.9. The van der Waals surface area contributed by atoms with Gasteiger partial charge in [-0.3, -0.25) is 29.5 Å². The molecule has 1 aromatic heterocycles. The van der Waals surface area contributed by atoms with Crippen LogP contribution in [0.1, 0.15) is 17.9 Å². The molecule has 11 nitrogen and oxygen atoms in total. The highest BCUT2D eigenvalue weighted by Crippen LogP contribution is 2.30. The zero-order valence-corrected chi connectivity index (χ0v) is 15.9. The molecule has 2 aromatic carbocycles. The molecule has 0 saturated heterocycles. The molecule has 2 amide bonds. The van der Waals surface area contributed by atoms with Crippen LogP contribution in [0.25, 0.3) is 0 Å². The van der Waals surface area contributed by atoms with E-state index >= 15 is 0 Å². The predicted octanol–water partition coefficient (Wildman–Crippen LogP) is 2.49. The highest BCUT2D eigenvalue weighted by atomic mass is 16.6. The van der Waals surface area contributed by atoms with Crippen molar-refractivity contribution in [2.75, 3.05) is 16.0 Å². The Bertz CT molecular complexity index is 1240. The third-order valence-corrected chi connectivity index (χ3v) is 4.63. The van der Waals surface area contributed by atoms with Crippen LogP contribution >= 0.6 is 0 Å². The molecule has 11 heteroatoms. The number of aromatic amines is 1. The number of rotatable bonds is 5. The first kappa shape index (κ1) is 19.8. The Morgan fingerprint density at radius 2 is 1.84 bits per heavy atom. The summed E-state index contributed by atoms with van der Waals surface area (Å²) in [6.07, 6.45) is -0.260. The molecule has 4 N–H and O–H groups in total. The number of nitrogens with zero attached hydrogens (tertiary/aromatic N) is 2. The summed E-state index contributed by atoms with van der Waals surface area (Å²) in [5.41, 5.74) is 0.0886. The number of aromatic nitrogens is 2. The Kier molecular flexibility index (Phi) is 5.14. The Morgan fingerprint density at radius 1 is 1.10 bits per heavy atom. The predicted molar refractivity (Wildman–Crippen MR) is 112 cm³/mol. The standard InChI is InChI=1S/C20H16N6O5/c27-15-10-14(18(28)21-12-7-4-8-13(9-12)26(30)31)16-17(23-15)24-20(25-19(16)29)22-11-5-2-1-3-6-11/h1-9,14H,10H2,(H,21,28)(H3,22,23,24,25,27,29)/t14-/m1/s1. The molecule has 0 unspecified atom stereocenters. The van der Waals surface area contributed by atoms with Crippen molar-refractivity contribution < 1.29 is 14.5 Å². The van der Waals surface area contributed by atoms with Crippen molar-refractivity contribution in [3.63, 3.8) is 0 Å². The van der Waals surface area contributed by atoms with E-state index in [9.17, 15) is 24.5 Å². The summed E-state index contributed by atoms with van der Waals surface area (Å²) in [6, 6.07) is 14.4. The minimum atomic E-state index is -1.11. The lowest BCUT2D eigenvalue weighted by molar-refractivity contribution is -0.384. The fourth-order valence-corrected chi connectivity index (χ4v) is 3.24. The van der Waals surface area contributed by atoms with E-state index < -0.39 is 28.2 Å². The number of carbonyl (C=O) groups is 2. The van der Waals surface area contributed by atoms with Crippen molar-refractivity contribution in [3.8, 4) is 0 Å². The number of hydrogen-bond donors (Lipinski definition) is 4. The van der Waals surface area contributed by atoms with Crippen LogP contribution in [0.15, 0.2) is 59.4 Å². The van der Waals surface area contributed by atoms with Crippen LogP contribution in [0.2, 0.25) is 0 Å². The second kappa shape index (κ2) is 8.06. The topological polar surface area (TPSA) is 159 Å². The molecule has 156 valence electrons. The molecule has 1 atom stereocenters. The van der Waals surface area contributed by atoms with Crippen LogP contribution in [0.4, 0.5) is 28.8 Å². The summed E-state index contributed by atoms with van der Waals surface area (Å²) < 4.78 is 0. The monoisotopic (exact) mass is 420 g/mol. The van der Waals surface area contributed by atoms with Crippen molar-refractivity contribution in [2.24, 2.45) is 0 Å². The summed E-state index contributed by atoms with van der Waals surface area (Å²) in [4.78, 5) is 54.9. The zero-order chi connectivity index (χ0) is 22.0. The Balaban J connectivity index is 1.63. The lowest BCUT2D eigenvalue weighted by Crippen LogP contribution is -2.36. The lowest BCUT2D eigenvalue weighted by atomic mass is 9.92. The van der Waals surface area contributed by atoms with Crippen LogP contribution in [0.3, 0.4) is 0 Å². The SMILES string of the molecule is O=C1C[C@@H](C(=O)Nc2cccc([N+](=O)[O-])c2)c2c(nc(Nc3ccccc3)[nH]c2=O)N1. The van der Waals surface area contributed by atoms with E-state index in [1.54, 1.807) is 24.3 Å². The minimum Gasteiger partial charge on any atom is -0.326 e. The van der Waals surface area contributed by atoms with Crippen LogP contribution in [0, 0.1) is 10.1 Å². The Hall–Kier alpha value is -4.54. The number of nitro benzene ring substituents is 1. The van der Waals surface area contributed by atoms with E-state index in [2.05, 4.69) is 25.9 Å². The van der Waals surface area contributed by atoms with Crippen molar-refractivity contribution in [1.82, 2.24) is 9.97 Å². The van der Waals surface area contributed by atoms with Crippen molar-refractivity contribution in [1.29, 1.82) is 0 Å². The summed E-state index contributed by atoms with van der Waals surface area (Å²) in [7, 11) is 0. The van der Waals surface area contributed by atoms with Gasteiger partial charge in [-0.25, -0.2) is 0 Å². The molecule has 0 aliphatic carbocycles. The van der Waals surface area contributed by atoms with Gasteiger partial charge in [0.2, 0.25) is 17.8 Å². The first-order valence-electron chi connectivity index (χ1n) is 9.22. The molecule has 0 fully saturated rings. The molecule has 0 bridgehead atoms. The van der Waals surface area contributed by atoms with E-state index in [1.165, 1.54) is 24.3 Å². The number of nitrogens with one attached hydrogen (secondary N) is 4. The quantitative estimate of drug-likeness (QED) is 0.364. The molecule has 0 radical (unpaired) electrons. The van der Waals surface area contributed by atoms with Gasteiger partial charge in [-0.15, -0.1) is 0 Å². The van der Waals surface area contributed by atoms with E-state index in [0.29, 0.717) is 5.69 Å². The van der Waals surface area contributed by atoms with Gasteiger partial charge in [0.05, 0.1) is 16.4 Å². The van der Waals surface area contributed by atoms with Crippen LogP contribution in [-0.4, -0.2) is 26.7 Å². The van der Waals surface area contributed by atoms with Gasteiger partial charge in [0.1, 0.15) is 5.82 Å². The molecule has 1 aliphatic rings. The highest BCUT2D eigenvalue weighted by Gasteiger charge is 2.35. The van der Waals surface area contributed by atoms with E-state index in [0.717, 1.165) is 0 Å². The molecule has 0 saturated carbocycles. The van der Waals surface area contributed by atoms with Crippen LogP contribution < -0.4 is 21.5 Å². The van der Waals surface area contributed by atoms with Crippen LogP contribution in [0.5, 0.6) is 0 Å². The van der Waals surface area contributed by atoms with Crippen LogP contribution in [-0.2, 0) is 9.59 Å². The zero-order valence-electron chi connectivity index (χ0n) is 15.9. The second-order valence-electron chi connectivity index (χ2n) is 6.77. The van der Waals surface area contributed by atoms with Crippen molar-refractivity contribution in [3.05, 3.63) is 80.6 Å². The number of nitro groups is 1. The van der Waals surface area contributed by atoms with Gasteiger partial charge in [-0.2, -0.15) is 4.98 Å².